The highest BCUT2D eigenvalue weighted by Gasteiger charge is 2.31. The molecule has 1 aliphatic rings. The number of alkyl carbamates (subject to hydrolysis) is 1. The topological polar surface area (TPSA) is 131 Å². The van der Waals surface area contributed by atoms with Crippen molar-refractivity contribution in [1.82, 2.24) is 5.32 Å². The zero-order chi connectivity index (χ0) is 30.5. The summed E-state index contributed by atoms with van der Waals surface area (Å²) in [6.45, 7) is -0.00834. The third-order valence-electron chi connectivity index (χ3n) is 7.17. The van der Waals surface area contributed by atoms with Gasteiger partial charge in [0.05, 0.1) is 19.2 Å². The van der Waals surface area contributed by atoms with Gasteiger partial charge in [0.1, 0.15) is 18.4 Å². The predicted molar refractivity (Wildman–Crippen MR) is 163 cm³/mol. The molecular formula is C33H27BrN2O7. The van der Waals surface area contributed by atoms with Crippen molar-refractivity contribution >= 4 is 45.4 Å². The fourth-order valence-corrected chi connectivity index (χ4v) is 5.35. The van der Waals surface area contributed by atoms with Gasteiger partial charge >= 0.3 is 12.1 Å². The van der Waals surface area contributed by atoms with E-state index >= 15 is 0 Å². The van der Waals surface area contributed by atoms with Crippen LogP contribution in [-0.2, 0) is 14.3 Å². The first-order chi connectivity index (χ1) is 20.7. The van der Waals surface area contributed by atoms with E-state index in [-0.39, 0.29) is 29.6 Å². The molecule has 9 nitrogen and oxygen atoms in total. The minimum absolute atomic E-state index is 0.00834. The molecule has 5 rings (SSSR count). The molecule has 3 N–H and O–H groups in total. The van der Waals surface area contributed by atoms with E-state index in [0.29, 0.717) is 11.3 Å². The van der Waals surface area contributed by atoms with E-state index in [9.17, 15) is 24.3 Å². The average Bonchev–Trinajstić information content (AvgIpc) is 3.33. The van der Waals surface area contributed by atoms with E-state index < -0.39 is 30.4 Å². The number of anilines is 1. The Morgan fingerprint density at radius 1 is 0.884 bits per heavy atom. The van der Waals surface area contributed by atoms with Crippen molar-refractivity contribution in [3.8, 4) is 16.9 Å². The Balaban J connectivity index is 1.31. The minimum atomic E-state index is -1.48. The lowest BCUT2D eigenvalue weighted by Gasteiger charge is -2.19. The summed E-state index contributed by atoms with van der Waals surface area (Å²) in [4.78, 5) is 51.1. The SMILES string of the molecule is COc1ccc(NC(=O)C(CC(=O)O)NC(=O)OCC2c3ccccc3-c3ccccc32)c(C(=O)c2ccc(Br)cc2)c1. The zero-order valence-electron chi connectivity index (χ0n) is 23.0. The van der Waals surface area contributed by atoms with Crippen LogP contribution < -0.4 is 15.4 Å². The summed E-state index contributed by atoms with van der Waals surface area (Å²) in [5.74, 6) is -2.35. The molecule has 218 valence electrons. The van der Waals surface area contributed by atoms with Gasteiger partial charge in [-0.2, -0.15) is 0 Å². The molecule has 2 amide bonds. The van der Waals surface area contributed by atoms with Crippen LogP contribution in [0, 0.1) is 0 Å². The first kappa shape index (κ1) is 29.5. The largest absolute Gasteiger partial charge is 0.497 e. The number of ketones is 1. The predicted octanol–water partition coefficient (Wildman–Crippen LogP) is 6.01. The standard InChI is InChI=1S/C33H27BrN2O7/c1-42-21-14-15-28(26(16-21)31(39)19-10-12-20(34)13-11-19)35-32(40)29(17-30(37)38)36-33(41)43-18-27-24-8-4-2-6-22(24)23-7-3-5-9-25(23)27/h2-16,27,29H,17-18H2,1H3,(H,35,40)(H,36,41)(H,37,38). The minimum Gasteiger partial charge on any atom is -0.497 e. The van der Waals surface area contributed by atoms with E-state index in [2.05, 4.69) is 26.6 Å². The average molecular weight is 643 g/mol. The lowest BCUT2D eigenvalue weighted by molar-refractivity contribution is -0.139. The number of amides is 2. The maximum Gasteiger partial charge on any atom is 0.407 e. The molecule has 1 aliphatic carbocycles. The van der Waals surface area contributed by atoms with Crippen LogP contribution in [0.4, 0.5) is 10.5 Å². The van der Waals surface area contributed by atoms with Crippen LogP contribution in [0.3, 0.4) is 0 Å². The van der Waals surface area contributed by atoms with Gasteiger partial charge in [0, 0.05) is 21.5 Å². The van der Waals surface area contributed by atoms with Gasteiger partial charge in [0.2, 0.25) is 5.91 Å². The Hall–Kier alpha value is -4.96. The molecule has 43 heavy (non-hydrogen) atoms. The summed E-state index contributed by atoms with van der Waals surface area (Å²) in [6.07, 6.45) is -1.65. The van der Waals surface area contributed by atoms with E-state index in [4.69, 9.17) is 9.47 Å². The maximum absolute atomic E-state index is 13.3. The Labute approximate surface area is 256 Å². The molecule has 0 bridgehead atoms. The molecule has 1 atom stereocenters. The summed E-state index contributed by atoms with van der Waals surface area (Å²) in [5, 5.41) is 14.4. The Morgan fingerprint density at radius 3 is 2.12 bits per heavy atom. The third-order valence-corrected chi connectivity index (χ3v) is 7.70. The van der Waals surface area contributed by atoms with Gasteiger partial charge in [0.15, 0.2) is 5.78 Å². The molecule has 0 saturated heterocycles. The van der Waals surface area contributed by atoms with Crippen molar-refractivity contribution in [2.24, 2.45) is 0 Å². The van der Waals surface area contributed by atoms with E-state index in [1.54, 1.807) is 30.3 Å². The summed E-state index contributed by atoms with van der Waals surface area (Å²) in [6, 6.07) is 25.4. The number of hydrogen-bond acceptors (Lipinski definition) is 6. The summed E-state index contributed by atoms with van der Waals surface area (Å²) >= 11 is 3.34. The molecule has 0 spiro atoms. The molecule has 0 heterocycles. The van der Waals surface area contributed by atoms with Gasteiger partial charge in [-0.05, 0) is 64.7 Å². The van der Waals surface area contributed by atoms with Crippen LogP contribution in [0.1, 0.15) is 39.4 Å². The van der Waals surface area contributed by atoms with Crippen molar-refractivity contribution in [1.29, 1.82) is 0 Å². The van der Waals surface area contributed by atoms with Crippen LogP contribution in [0.2, 0.25) is 0 Å². The van der Waals surface area contributed by atoms with Gasteiger partial charge in [-0.25, -0.2) is 4.79 Å². The van der Waals surface area contributed by atoms with Crippen molar-refractivity contribution in [2.75, 3.05) is 19.0 Å². The number of ether oxygens (including phenoxy) is 2. The van der Waals surface area contributed by atoms with E-state index in [1.165, 1.54) is 19.2 Å². The first-order valence-electron chi connectivity index (χ1n) is 13.4. The number of carbonyl (C=O) groups is 4. The van der Waals surface area contributed by atoms with E-state index in [0.717, 1.165) is 26.7 Å². The highest BCUT2D eigenvalue weighted by Crippen LogP contribution is 2.44. The lowest BCUT2D eigenvalue weighted by atomic mass is 9.98. The fourth-order valence-electron chi connectivity index (χ4n) is 5.09. The number of halogens is 1. The van der Waals surface area contributed by atoms with Crippen LogP contribution in [0.25, 0.3) is 11.1 Å². The number of carboxylic acids is 1. The van der Waals surface area contributed by atoms with Gasteiger partial charge in [-0.3, -0.25) is 14.4 Å². The summed E-state index contributed by atoms with van der Waals surface area (Å²) in [5.41, 5.74) is 4.77. The number of methoxy groups -OCH3 is 1. The molecule has 0 radical (unpaired) electrons. The first-order valence-corrected chi connectivity index (χ1v) is 14.2. The van der Waals surface area contributed by atoms with E-state index in [1.807, 2.05) is 48.5 Å². The molecule has 4 aromatic rings. The van der Waals surface area contributed by atoms with Crippen LogP contribution in [0.15, 0.2) is 95.5 Å². The van der Waals surface area contributed by atoms with Crippen molar-refractivity contribution in [2.45, 2.75) is 18.4 Å². The monoisotopic (exact) mass is 642 g/mol. The smallest absolute Gasteiger partial charge is 0.407 e. The van der Waals surface area contributed by atoms with Crippen LogP contribution >= 0.6 is 15.9 Å². The summed E-state index contributed by atoms with van der Waals surface area (Å²) < 4.78 is 11.6. The number of carboxylic acid groups (broad SMARTS) is 1. The van der Waals surface area contributed by atoms with Gasteiger partial charge in [-0.1, -0.05) is 64.5 Å². The molecule has 0 saturated carbocycles. The van der Waals surface area contributed by atoms with Gasteiger partial charge in [-0.15, -0.1) is 0 Å². The number of benzene rings is 4. The van der Waals surface area contributed by atoms with Gasteiger partial charge in [0.25, 0.3) is 0 Å². The van der Waals surface area contributed by atoms with Crippen LogP contribution in [-0.4, -0.2) is 48.6 Å². The van der Waals surface area contributed by atoms with Crippen molar-refractivity contribution in [3.05, 3.63) is 118 Å². The molecule has 0 aliphatic heterocycles. The fraction of sp³-hybridized carbons (Fsp3) is 0.152. The second-order valence-electron chi connectivity index (χ2n) is 9.86. The number of rotatable bonds is 10. The summed E-state index contributed by atoms with van der Waals surface area (Å²) in [7, 11) is 1.45. The number of hydrogen-bond donors (Lipinski definition) is 3. The normalized spacial score (nSPS) is 12.4. The zero-order valence-corrected chi connectivity index (χ0v) is 24.6. The number of fused-ring (bicyclic) bond motifs is 3. The second-order valence-corrected chi connectivity index (χ2v) is 10.8. The Morgan fingerprint density at radius 2 is 1.51 bits per heavy atom. The molecule has 4 aromatic carbocycles. The van der Waals surface area contributed by atoms with Crippen molar-refractivity contribution in [3.63, 3.8) is 0 Å². The second kappa shape index (κ2) is 12.9. The highest BCUT2D eigenvalue weighted by molar-refractivity contribution is 9.10. The molecular weight excluding hydrogens is 616 g/mol. The Kier molecular flexibility index (Phi) is 8.87. The highest BCUT2D eigenvalue weighted by atomic mass is 79.9. The molecule has 0 fully saturated rings. The number of aliphatic carboxylic acids is 1. The third kappa shape index (κ3) is 6.60. The molecule has 10 heteroatoms. The lowest BCUT2D eigenvalue weighted by Crippen LogP contribution is -2.45. The molecule has 1 unspecified atom stereocenters. The Bertz CT molecular complexity index is 1660. The molecule has 0 aromatic heterocycles. The van der Waals surface area contributed by atoms with Crippen LogP contribution in [0.5, 0.6) is 5.75 Å². The number of nitrogens with one attached hydrogen (secondary N) is 2. The van der Waals surface area contributed by atoms with Crippen molar-refractivity contribution < 1.29 is 33.8 Å². The quantitative estimate of drug-likeness (QED) is 0.181. The maximum atomic E-state index is 13.3. The number of carbonyl (C=O) groups excluding carboxylic acids is 3. The van der Waals surface area contributed by atoms with Gasteiger partial charge < -0.3 is 25.2 Å².